The number of para-hydroxylation sites is 3. The fourth-order valence-corrected chi connectivity index (χ4v) is 12.8. The predicted molar refractivity (Wildman–Crippen MR) is 326 cm³/mol. The molecule has 0 N–H and O–H groups in total. The zero-order chi connectivity index (χ0) is 53.4. The highest BCUT2D eigenvalue weighted by atomic mass is 15.2. The minimum absolute atomic E-state index is 0.531. The van der Waals surface area contributed by atoms with Crippen molar-refractivity contribution in [3.8, 4) is 79.7 Å². The Labute approximate surface area is 466 Å². The van der Waals surface area contributed by atoms with Crippen molar-refractivity contribution < 1.29 is 0 Å². The molecule has 1 aliphatic carbocycles. The molecule has 0 radical (unpaired) electrons. The second-order valence-corrected chi connectivity index (χ2v) is 20.5. The predicted octanol–water partition coefficient (Wildman–Crippen LogP) is 16.9. The van der Waals surface area contributed by atoms with Crippen LogP contribution >= 0.6 is 0 Å². The maximum absolute atomic E-state index is 5.66. The van der Waals surface area contributed by atoms with E-state index in [9.17, 15) is 0 Å². The van der Waals surface area contributed by atoms with Gasteiger partial charge >= 0.3 is 0 Å². The molecule has 15 aromatic rings. The van der Waals surface area contributed by atoms with Gasteiger partial charge in [-0.15, -0.1) is 0 Å². The van der Waals surface area contributed by atoms with Gasteiger partial charge in [-0.1, -0.05) is 249 Å². The van der Waals surface area contributed by atoms with Gasteiger partial charge in [0, 0.05) is 49.4 Å². The summed E-state index contributed by atoms with van der Waals surface area (Å²) in [6.07, 6.45) is 0. The fourth-order valence-electron chi connectivity index (χ4n) is 12.8. The molecule has 4 aromatic heterocycles. The fraction of sp³-hybridized carbons (Fsp3) is 0.0137. The molecule has 16 rings (SSSR count). The maximum atomic E-state index is 5.66. The third-order valence-electron chi connectivity index (χ3n) is 16.1. The van der Waals surface area contributed by atoms with Crippen molar-refractivity contribution in [3.63, 3.8) is 0 Å². The number of fused-ring (bicyclic) bond motifs is 10. The van der Waals surface area contributed by atoms with Crippen molar-refractivity contribution in [2.45, 2.75) is 5.41 Å². The molecule has 0 fully saturated rings. The van der Waals surface area contributed by atoms with Gasteiger partial charge in [0.2, 0.25) is 5.95 Å². The Hall–Kier alpha value is -11.0. The molecule has 378 valence electrons. The van der Waals surface area contributed by atoms with E-state index < -0.39 is 5.41 Å². The van der Waals surface area contributed by atoms with Gasteiger partial charge in [0.15, 0.2) is 29.1 Å². The smallest absolute Gasteiger partial charge is 0.238 e. The van der Waals surface area contributed by atoms with Gasteiger partial charge in [-0.05, 0) is 63.7 Å². The zero-order valence-electron chi connectivity index (χ0n) is 43.6. The van der Waals surface area contributed by atoms with Crippen LogP contribution in [0.3, 0.4) is 0 Å². The molecule has 1 aliphatic rings. The third-order valence-corrected chi connectivity index (χ3v) is 16.1. The van der Waals surface area contributed by atoms with E-state index in [1.54, 1.807) is 0 Å². The lowest BCUT2D eigenvalue weighted by Crippen LogP contribution is -2.29. The summed E-state index contributed by atoms with van der Waals surface area (Å²) in [6.45, 7) is 0. The lowest BCUT2D eigenvalue weighted by atomic mass is 9.66. The molecule has 0 saturated heterocycles. The lowest BCUT2D eigenvalue weighted by molar-refractivity contribution is 0.769. The van der Waals surface area contributed by atoms with Crippen molar-refractivity contribution in [2.75, 3.05) is 0 Å². The molecule has 0 saturated carbocycles. The first kappa shape index (κ1) is 46.2. The molecule has 0 unspecified atom stereocenters. The van der Waals surface area contributed by atoms with E-state index in [2.05, 4.69) is 234 Å². The Balaban J connectivity index is 0.959. The first-order valence-electron chi connectivity index (χ1n) is 27.3. The minimum atomic E-state index is -0.688. The molecule has 81 heavy (non-hydrogen) atoms. The second-order valence-electron chi connectivity index (χ2n) is 20.5. The highest BCUT2D eigenvalue weighted by Gasteiger charge is 2.48. The van der Waals surface area contributed by atoms with Gasteiger partial charge in [-0.25, -0.2) is 19.9 Å². The van der Waals surface area contributed by atoms with Gasteiger partial charge in [0.05, 0.1) is 33.2 Å². The Kier molecular flexibility index (Phi) is 10.6. The summed E-state index contributed by atoms with van der Waals surface area (Å²) in [5.74, 6) is 3.45. The topological polar surface area (TPSA) is 87.2 Å². The maximum Gasteiger partial charge on any atom is 0.238 e. The van der Waals surface area contributed by atoms with Crippen molar-refractivity contribution >= 4 is 43.6 Å². The van der Waals surface area contributed by atoms with Crippen LogP contribution in [0.2, 0.25) is 0 Å². The highest BCUT2D eigenvalue weighted by molar-refractivity contribution is 6.26. The molecule has 0 amide bonds. The quantitative estimate of drug-likeness (QED) is 0.143. The number of hydrogen-bond acceptors (Lipinski definition) is 6. The molecule has 0 spiro atoms. The molecule has 11 aromatic carbocycles. The highest BCUT2D eigenvalue weighted by Crippen LogP contribution is 2.58. The molecule has 0 bridgehead atoms. The van der Waals surface area contributed by atoms with E-state index in [0.29, 0.717) is 35.1 Å². The van der Waals surface area contributed by atoms with Crippen LogP contribution in [0.1, 0.15) is 22.3 Å². The van der Waals surface area contributed by atoms with E-state index in [1.165, 1.54) is 22.3 Å². The van der Waals surface area contributed by atoms with Crippen molar-refractivity contribution in [3.05, 3.63) is 301 Å². The number of hydrogen-bond donors (Lipinski definition) is 0. The van der Waals surface area contributed by atoms with Crippen molar-refractivity contribution in [1.82, 2.24) is 39.0 Å². The van der Waals surface area contributed by atoms with Gasteiger partial charge < -0.3 is 4.57 Å². The average molecular weight is 1040 g/mol. The summed E-state index contributed by atoms with van der Waals surface area (Å²) in [7, 11) is 0. The summed E-state index contributed by atoms with van der Waals surface area (Å²) in [5, 5.41) is 4.33. The molecule has 8 heteroatoms. The van der Waals surface area contributed by atoms with E-state index in [0.717, 1.165) is 88.2 Å². The van der Waals surface area contributed by atoms with Crippen LogP contribution in [0.4, 0.5) is 0 Å². The first-order valence-corrected chi connectivity index (χ1v) is 27.3. The Morgan fingerprint density at radius 3 is 1.35 bits per heavy atom. The number of rotatable bonds is 9. The van der Waals surface area contributed by atoms with Crippen molar-refractivity contribution in [1.29, 1.82) is 0 Å². The van der Waals surface area contributed by atoms with Gasteiger partial charge in [-0.3, -0.25) is 4.57 Å². The molecule has 8 nitrogen and oxygen atoms in total. The first-order chi connectivity index (χ1) is 40.2. The van der Waals surface area contributed by atoms with Crippen LogP contribution < -0.4 is 0 Å². The molecular weight excluding hydrogens is 989 g/mol. The van der Waals surface area contributed by atoms with Crippen LogP contribution in [-0.2, 0) is 5.41 Å². The van der Waals surface area contributed by atoms with Crippen LogP contribution in [0, 0.1) is 0 Å². The Morgan fingerprint density at radius 1 is 0.272 bits per heavy atom. The standard InChI is InChI=1S/C73H46N8/c1-6-25-47(26-7-1)67-75-70(77-71(76-67)58-40-24-39-54-52-35-16-20-41-59(52)73(65(54)58,50-31-12-4-13-32-50)51-33-14-5-15-34-51)57-38-19-23-44-62(57)80-61-43-22-18-37-56(61)64-63(80)46-45-55-53-36-17-21-42-60(53)81(66(55)64)72-78-68(48-27-8-2-9-28-48)74-69(79-72)49-29-10-3-11-30-49/h1-46H. The van der Waals surface area contributed by atoms with Crippen molar-refractivity contribution in [2.24, 2.45) is 0 Å². The summed E-state index contributed by atoms with van der Waals surface area (Å²) in [6, 6.07) is 98.1. The number of benzene rings is 11. The van der Waals surface area contributed by atoms with Crippen LogP contribution in [0.25, 0.3) is 123 Å². The van der Waals surface area contributed by atoms with Gasteiger partial charge in [0.25, 0.3) is 0 Å². The zero-order valence-corrected chi connectivity index (χ0v) is 43.6. The summed E-state index contributed by atoms with van der Waals surface area (Å²) >= 11 is 0. The normalized spacial score (nSPS) is 12.5. The minimum Gasteiger partial charge on any atom is -0.308 e. The Morgan fingerprint density at radius 2 is 0.716 bits per heavy atom. The van der Waals surface area contributed by atoms with E-state index in [-0.39, 0.29) is 0 Å². The number of aromatic nitrogens is 8. The Bertz CT molecular complexity index is 4820. The van der Waals surface area contributed by atoms with E-state index in [4.69, 9.17) is 29.9 Å². The molecule has 4 heterocycles. The van der Waals surface area contributed by atoms with Crippen LogP contribution in [0.5, 0.6) is 0 Å². The second kappa shape index (κ2) is 18.6. The van der Waals surface area contributed by atoms with E-state index in [1.807, 2.05) is 54.6 Å². The number of nitrogens with zero attached hydrogens (tertiary/aromatic N) is 8. The lowest BCUT2D eigenvalue weighted by Gasteiger charge is -2.35. The molecule has 0 atom stereocenters. The van der Waals surface area contributed by atoms with Gasteiger partial charge in [0.1, 0.15) is 0 Å². The van der Waals surface area contributed by atoms with Gasteiger partial charge in [-0.2, -0.15) is 9.97 Å². The summed E-state index contributed by atoms with van der Waals surface area (Å²) < 4.78 is 4.61. The average Bonchev–Trinajstić information content (AvgIpc) is 3.39. The van der Waals surface area contributed by atoms with Crippen LogP contribution in [-0.4, -0.2) is 39.0 Å². The molecular formula is C73H46N8. The van der Waals surface area contributed by atoms with E-state index >= 15 is 0 Å². The summed E-state index contributed by atoms with van der Waals surface area (Å²) in [4.78, 5) is 32.4. The summed E-state index contributed by atoms with van der Waals surface area (Å²) in [5.41, 5.74) is 15.8. The third kappa shape index (κ3) is 7.17. The SMILES string of the molecule is c1ccc(-c2nc(-c3ccccc3-n3c4ccccc4c4c3ccc3c5ccccc5n(-c5nc(-c6ccccc6)nc(-c6ccccc6)n5)c34)nc(-c3cccc4c3C(c3ccccc3)(c3ccccc3)c3ccccc3-4)n2)cc1. The van der Waals surface area contributed by atoms with Crippen LogP contribution in [0.15, 0.2) is 279 Å². The molecule has 0 aliphatic heterocycles. The monoisotopic (exact) mass is 1030 g/mol. The largest absolute Gasteiger partial charge is 0.308 e.